The van der Waals surface area contributed by atoms with Crippen molar-refractivity contribution in [1.82, 2.24) is 20.1 Å². The molecule has 2 N–H and O–H groups in total. The molecule has 0 aliphatic carbocycles. The molecule has 3 amide bonds. The summed E-state index contributed by atoms with van der Waals surface area (Å²) in [6, 6.07) is 21.6. The first kappa shape index (κ1) is 26.3. The second-order valence-corrected chi connectivity index (χ2v) is 10.5. The highest BCUT2D eigenvalue weighted by molar-refractivity contribution is 7.13. The van der Waals surface area contributed by atoms with E-state index in [4.69, 9.17) is 0 Å². The van der Waals surface area contributed by atoms with E-state index < -0.39 is 6.04 Å². The van der Waals surface area contributed by atoms with Crippen molar-refractivity contribution < 1.29 is 14.4 Å². The third-order valence-corrected chi connectivity index (χ3v) is 7.27. The molecule has 2 heterocycles. The number of amides is 3. The molecule has 0 radical (unpaired) electrons. The fourth-order valence-electron chi connectivity index (χ4n) is 4.61. The second-order valence-electron chi connectivity index (χ2n) is 9.58. The topological polar surface area (TPSA) is 94.6 Å². The lowest BCUT2D eigenvalue weighted by Crippen LogP contribution is -2.37. The summed E-state index contributed by atoms with van der Waals surface area (Å²) in [5.74, 6) is -0.669. The first-order valence-electron chi connectivity index (χ1n) is 12.6. The third-order valence-electron chi connectivity index (χ3n) is 6.58. The van der Waals surface area contributed by atoms with Gasteiger partial charge in [0.2, 0.25) is 0 Å². The number of carbonyl (C=O) groups excluding carboxylic acids is 3. The Balaban J connectivity index is 1.39. The lowest BCUT2D eigenvalue weighted by atomic mass is 9.99. The summed E-state index contributed by atoms with van der Waals surface area (Å²) in [4.78, 5) is 47.5. The van der Waals surface area contributed by atoms with Crippen LogP contribution in [0, 0.1) is 0 Å². The van der Waals surface area contributed by atoms with Gasteiger partial charge in [0, 0.05) is 42.3 Å². The van der Waals surface area contributed by atoms with Crippen LogP contribution in [0.1, 0.15) is 37.9 Å². The quantitative estimate of drug-likeness (QED) is 0.328. The molecule has 0 bridgehead atoms. The Hall–Kier alpha value is -4.34. The van der Waals surface area contributed by atoms with E-state index in [1.165, 1.54) is 11.3 Å². The number of nitrogens with one attached hydrogen (secondary N) is 2. The van der Waals surface area contributed by atoms with Crippen molar-refractivity contribution in [2.75, 3.05) is 32.5 Å². The summed E-state index contributed by atoms with van der Waals surface area (Å²) in [5, 5.41) is 8.06. The molecule has 198 valence electrons. The maximum atomic E-state index is 13.7. The van der Waals surface area contributed by atoms with E-state index in [0.29, 0.717) is 29.3 Å². The van der Waals surface area contributed by atoms with E-state index in [-0.39, 0.29) is 17.7 Å². The zero-order valence-corrected chi connectivity index (χ0v) is 22.6. The highest BCUT2D eigenvalue weighted by Gasteiger charge is 2.37. The molecule has 3 aromatic carbocycles. The summed E-state index contributed by atoms with van der Waals surface area (Å²) in [7, 11) is 3.91. The molecule has 9 heteroatoms. The van der Waals surface area contributed by atoms with Gasteiger partial charge in [-0.25, -0.2) is 4.98 Å². The first-order chi connectivity index (χ1) is 18.9. The van der Waals surface area contributed by atoms with Gasteiger partial charge in [0.1, 0.15) is 6.04 Å². The smallest absolute Gasteiger partial charge is 0.255 e. The number of rotatable bonds is 9. The van der Waals surface area contributed by atoms with Gasteiger partial charge < -0.3 is 15.1 Å². The van der Waals surface area contributed by atoms with E-state index in [1.54, 1.807) is 22.5 Å². The van der Waals surface area contributed by atoms with Gasteiger partial charge in [0.25, 0.3) is 17.7 Å². The molecule has 1 unspecified atom stereocenters. The molecule has 1 aromatic heterocycles. The third kappa shape index (κ3) is 5.89. The number of thiazole rings is 1. The minimum atomic E-state index is -0.812. The van der Waals surface area contributed by atoms with E-state index in [2.05, 4.69) is 15.6 Å². The first-order valence-corrected chi connectivity index (χ1v) is 13.5. The van der Waals surface area contributed by atoms with Crippen molar-refractivity contribution in [3.05, 3.63) is 107 Å². The Kier molecular flexibility index (Phi) is 7.81. The van der Waals surface area contributed by atoms with E-state index in [9.17, 15) is 14.4 Å². The molecule has 0 spiro atoms. The van der Waals surface area contributed by atoms with Crippen molar-refractivity contribution >= 4 is 34.2 Å². The van der Waals surface area contributed by atoms with Gasteiger partial charge in [-0.05, 0) is 54.5 Å². The molecule has 1 aliphatic heterocycles. The van der Waals surface area contributed by atoms with E-state index in [0.717, 1.165) is 28.8 Å². The molecular formula is C30H29N5O3S. The SMILES string of the molecule is CN(C)CCNC(=O)c1cccc(-c2ccc3c(c2)C(=O)N(C(C(=O)Nc2nccs2)c2ccccc2)C3)c1. The molecule has 0 saturated carbocycles. The van der Waals surface area contributed by atoms with Crippen molar-refractivity contribution in [3.63, 3.8) is 0 Å². The average Bonchev–Trinajstić information content (AvgIpc) is 3.57. The van der Waals surface area contributed by atoms with Gasteiger partial charge >= 0.3 is 0 Å². The van der Waals surface area contributed by atoms with Crippen LogP contribution in [0.2, 0.25) is 0 Å². The molecule has 1 atom stereocenters. The van der Waals surface area contributed by atoms with Crippen molar-refractivity contribution in [3.8, 4) is 11.1 Å². The van der Waals surface area contributed by atoms with Gasteiger partial charge in [-0.2, -0.15) is 0 Å². The second kappa shape index (κ2) is 11.6. The normalized spacial score (nSPS) is 13.3. The Morgan fingerprint density at radius 2 is 1.82 bits per heavy atom. The van der Waals surface area contributed by atoms with Crippen LogP contribution in [-0.2, 0) is 11.3 Å². The zero-order valence-electron chi connectivity index (χ0n) is 21.8. The van der Waals surface area contributed by atoms with Gasteiger partial charge in [-0.15, -0.1) is 11.3 Å². The summed E-state index contributed by atoms with van der Waals surface area (Å²) in [6.07, 6.45) is 1.62. The number of fused-ring (bicyclic) bond motifs is 1. The highest BCUT2D eigenvalue weighted by Crippen LogP contribution is 2.35. The highest BCUT2D eigenvalue weighted by atomic mass is 32.1. The van der Waals surface area contributed by atoms with Crippen LogP contribution in [0.4, 0.5) is 5.13 Å². The number of nitrogens with zero attached hydrogens (tertiary/aromatic N) is 3. The number of likely N-dealkylation sites (N-methyl/N-ethyl adjacent to an activating group) is 1. The molecule has 1 aliphatic rings. The summed E-state index contributed by atoms with van der Waals surface area (Å²) >= 11 is 1.33. The predicted molar refractivity (Wildman–Crippen MR) is 153 cm³/mol. The van der Waals surface area contributed by atoms with Gasteiger partial charge in [0.05, 0.1) is 0 Å². The number of benzene rings is 3. The summed E-state index contributed by atoms with van der Waals surface area (Å²) in [5.41, 5.74) is 4.35. The van der Waals surface area contributed by atoms with Crippen LogP contribution in [0.3, 0.4) is 0 Å². The Morgan fingerprint density at radius 1 is 1.03 bits per heavy atom. The molecule has 39 heavy (non-hydrogen) atoms. The van der Waals surface area contributed by atoms with Crippen LogP contribution < -0.4 is 10.6 Å². The monoisotopic (exact) mass is 539 g/mol. The van der Waals surface area contributed by atoms with Crippen molar-refractivity contribution in [2.24, 2.45) is 0 Å². The number of hydrogen-bond acceptors (Lipinski definition) is 6. The Morgan fingerprint density at radius 3 is 2.56 bits per heavy atom. The van der Waals surface area contributed by atoms with Crippen molar-refractivity contribution in [1.29, 1.82) is 0 Å². The lowest BCUT2D eigenvalue weighted by molar-refractivity contribution is -0.120. The minimum Gasteiger partial charge on any atom is -0.351 e. The lowest BCUT2D eigenvalue weighted by Gasteiger charge is -2.27. The molecule has 0 saturated heterocycles. The summed E-state index contributed by atoms with van der Waals surface area (Å²) < 4.78 is 0. The number of hydrogen-bond donors (Lipinski definition) is 2. The van der Waals surface area contributed by atoms with Gasteiger partial charge in [-0.1, -0.05) is 54.6 Å². The number of aromatic nitrogens is 1. The largest absolute Gasteiger partial charge is 0.351 e. The van der Waals surface area contributed by atoms with Crippen molar-refractivity contribution in [2.45, 2.75) is 12.6 Å². The Bertz CT molecular complexity index is 1490. The zero-order chi connectivity index (χ0) is 27.4. The average molecular weight is 540 g/mol. The molecular weight excluding hydrogens is 510 g/mol. The van der Waals surface area contributed by atoms with Gasteiger partial charge in [-0.3, -0.25) is 19.7 Å². The number of anilines is 1. The standard InChI is InChI=1S/C30H29N5O3S/c1-34(2)15-13-31-27(36)23-10-6-9-21(17-23)22-11-12-24-19-35(29(38)25(24)18-22)26(20-7-4-3-5-8-20)28(37)33-30-32-14-16-39-30/h3-12,14,16-18,26H,13,15,19H2,1-2H3,(H,31,36)(H,32,33,37). The van der Waals surface area contributed by atoms with Crippen LogP contribution in [-0.4, -0.2) is 59.7 Å². The van der Waals surface area contributed by atoms with Crippen LogP contribution in [0.15, 0.2) is 84.4 Å². The maximum Gasteiger partial charge on any atom is 0.255 e. The summed E-state index contributed by atoms with van der Waals surface area (Å²) in [6.45, 7) is 1.62. The maximum absolute atomic E-state index is 13.7. The van der Waals surface area contributed by atoms with E-state index >= 15 is 0 Å². The van der Waals surface area contributed by atoms with Crippen LogP contribution in [0.5, 0.6) is 0 Å². The fourth-order valence-corrected chi connectivity index (χ4v) is 5.15. The molecule has 8 nitrogen and oxygen atoms in total. The fraction of sp³-hybridized carbons (Fsp3) is 0.200. The van der Waals surface area contributed by atoms with E-state index in [1.807, 2.05) is 85.7 Å². The predicted octanol–water partition coefficient (Wildman–Crippen LogP) is 4.44. The Labute approximate surface area is 231 Å². The molecule has 0 fully saturated rings. The van der Waals surface area contributed by atoms with Gasteiger partial charge in [0.15, 0.2) is 5.13 Å². The molecule has 5 rings (SSSR count). The molecule has 4 aromatic rings. The minimum absolute atomic E-state index is 0.140. The number of carbonyl (C=O) groups is 3. The van der Waals surface area contributed by atoms with Crippen LogP contribution >= 0.6 is 11.3 Å². The van der Waals surface area contributed by atoms with Crippen LogP contribution in [0.25, 0.3) is 11.1 Å².